The Balaban J connectivity index is 1.68. The first kappa shape index (κ1) is 19.9. The molecule has 29 heavy (non-hydrogen) atoms. The number of aromatic hydroxyl groups is 1. The number of carbonyl (C=O) groups is 1. The standard InChI is InChI=1S/C23H22N2O4/c1-2-28-22-14-18(12-13-21(22)29-16-17-8-4-3-5-9-17)23(27)25-24-15-19-10-6-7-11-20(19)26/h3-15,26H,2,16H2,1H3,(H,25,27)/b24-15+. The largest absolute Gasteiger partial charge is 0.507 e. The lowest BCUT2D eigenvalue weighted by molar-refractivity contribution is 0.0954. The van der Waals surface area contributed by atoms with E-state index in [0.29, 0.717) is 35.8 Å². The number of para-hydroxylation sites is 1. The smallest absolute Gasteiger partial charge is 0.271 e. The molecule has 0 aromatic heterocycles. The van der Waals surface area contributed by atoms with Gasteiger partial charge in [0.1, 0.15) is 12.4 Å². The fraction of sp³-hybridized carbons (Fsp3) is 0.130. The Bertz CT molecular complexity index is 987. The van der Waals surface area contributed by atoms with Gasteiger partial charge >= 0.3 is 0 Å². The Hall–Kier alpha value is -3.80. The van der Waals surface area contributed by atoms with Crippen LogP contribution in [0.1, 0.15) is 28.4 Å². The maximum absolute atomic E-state index is 12.4. The molecule has 0 aliphatic heterocycles. The summed E-state index contributed by atoms with van der Waals surface area (Å²) in [6.07, 6.45) is 1.38. The Morgan fingerprint density at radius 3 is 2.52 bits per heavy atom. The number of carbonyl (C=O) groups excluding carboxylic acids is 1. The second kappa shape index (κ2) is 9.94. The molecule has 0 atom stereocenters. The van der Waals surface area contributed by atoms with Crippen LogP contribution in [0.2, 0.25) is 0 Å². The number of nitrogens with zero attached hydrogens (tertiary/aromatic N) is 1. The third-order valence-electron chi connectivity index (χ3n) is 4.05. The highest BCUT2D eigenvalue weighted by atomic mass is 16.5. The molecule has 3 aromatic rings. The monoisotopic (exact) mass is 390 g/mol. The number of amides is 1. The van der Waals surface area contributed by atoms with E-state index < -0.39 is 5.91 Å². The molecule has 6 heteroatoms. The molecule has 0 aliphatic rings. The van der Waals surface area contributed by atoms with Crippen LogP contribution in [0.4, 0.5) is 0 Å². The van der Waals surface area contributed by atoms with Gasteiger partial charge in [-0.2, -0.15) is 5.10 Å². The predicted octanol–water partition coefficient (Wildman–Crippen LogP) is 4.13. The van der Waals surface area contributed by atoms with E-state index in [4.69, 9.17) is 9.47 Å². The van der Waals surface area contributed by atoms with Crippen molar-refractivity contribution < 1.29 is 19.4 Å². The van der Waals surface area contributed by atoms with Crippen molar-refractivity contribution in [1.29, 1.82) is 0 Å². The van der Waals surface area contributed by atoms with Gasteiger partial charge in [-0.1, -0.05) is 42.5 Å². The number of ether oxygens (including phenoxy) is 2. The molecule has 0 bridgehead atoms. The van der Waals surface area contributed by atoms with Gasteiger partial charge in [0, 0.05) is 11.1 Å². The number of hydrogen-bond acceptors (Lipinski definition) is 5. The molecule has 0 spiro atoms. The summed E-state index contributed by atoms with van der Waals surface area (Å²) in [7, 11) is 0. The minimum atomic E-state index is -0.396. The van der Waals surface area contributed by atoms with Gasteiger partial charge in [-0.05, 0) is 42.8 Å². The predicted molar refractivity (Wildman–Crippen MR) is 112 cm³/mol. The van der Waals surface area contributed by atoms with Crippen LogP contribution in [0.15, 0.2) is 77.9 Å². The summed E-state index contributed by atoms with van der Waals surface area (Å²) in [5.41, 5.74) is 4.37. The van der Waals surface area contributed by atoms with Crippen LogP contribution in [0.25, 0.3) is 0 Å². The van der Waals surface area contributed by atoms with Crippen LogP contribution >= 0.6 is 0 Å². The number of hydrogen-bond donors (Lipinski definition) is 2. The third-order valence-corrected chi connectivity index (χ3v) is 4.05. The second-order valence-corrected chi connectivity index (χ2v) is 6.13. The van der Waals surface area contributed by atoms with Crippen LogP contribution in [0.3, 0.4) is 0 Å². The Labute approximate surface area is 169 Å². The normalized spacial score (nSPS) is 10.7. The first-order valence-corrected chi connectivity index (χ1v) is 9.22. The highest BCUT2D eigenvalue weighted by Gasteiger charge is 2.11. The molecule has 0 saturated heterocycles. The van der Waals surface area contributed by atoms with Crippen molar-refractivity contribution >= 4 is 12.1 Å². The number of nitrogens with one attached hydrogen (secondary N) is 1. The molecule has 3 rings (SSSR count). The molecule has 3 aromatic carbocycles. The van der Waals surface area contributed by atoms with Gasteiger partial charge in [0.25, 0.3) is 5.91 Å². The number of rotatable bonds is 8. The first-order valence-electron chi connectivity index (χ1n) is 9.22. The van der Waals surface area contributed by atoms with Crippen LogP contribution in [0, 0.1) is 0 Å². The molecule has 0 radical (unpaired) electrons. The van der Waals surface area contributed by atoms with Crippen LogP contribution in [0.5, 0.6) is 17.2 Å². The van der Waals surface area contributed by atoms with Crippen molar-refractivity contribution in [1.82, 2.24) is 5.43 Å². The summed E-state index contributed by atoms with van der Waals surface area (Å²) in [5, 5.41) is 13.6. The van der Waals surface area contributed by atoms with E-state index in [1.165, 1.54) is 6.21 Å². The maximum atomic E-state index is 12.4. The lowest BCUT2D eigenvalue weighted by Gasteiger charge is -2.13. The van der Waals surface area contributed by atoms with E-state index in [-0.39, 0.29) is 5.75 Å². The van der Waals surface area contributed by atoms with Crippen molar-refractivity contribution in [3.8, 4) is 17.2 Å². The van der Waals surface area contributed by atoms with Crippen molar-refractivity contribution in [2.45, 2.75) is 13.5 Å². The Kier molecular flexibility index (Phi) is 6.84. The molecule has 2 N–H and O–H groups in total. The molecular weight excluding hydrogens is 368 g/mol. The first-order chi connectivity index (χ1) is 14.2. The van der Waals surface area contributed by atoms with Gasteiger partial charge in [-0.15, -0.1) is 0 Å². The zero-order valence-electron chi connectivity index (χ0n) is 16.0. The van der Waals surface area contributed by atoms with E-state index in [1.54, 1.807) is 42.5 Å². The summed E-state index contributed by atoms with van der Waals surface area (Å²) in [6, 6.07) is 21.5. The van der Waals surface area contributed by atoms with Gasteiger partial charge in [0.2, 0.25) is 0 Å². The summed E-state index contributed by atoms with van der Waals surface area (Å²) in [6.45, 7) is 2.71. The summed E-state index contributed by atoms with van der Waals surface area (Å²) in [5.74, 6) is 0.738. The maximum Gasteiger partial charge on any atom is 0.271 e. The third kappa shape index (κ3) is 5.59. The second-order valence-electron chi connectivity index (χ2n) is 6.13. The quantitative estimate of drug-likeness (QED) is 0.448. The molecule has 148 valence electrons. The Morgan fingerprint density at radius 1 is 1.00 bits per heavy atom. The molecule has 0 saturated carbocycles. The van der Waals surface area contributed by atoms with Gasteiger partial charge < -0.3 is 14.6 Å². The molecule has 0 unspecified atom stereocenters. The van der Waals surface area contributed by atoms with Crippen molar-refractivity contribution in [2.75, 3.05) is 6.61 Å². The molecular formula is C23H22N2O4. The van der Waals surface area contributed by atoms with E-state index in [1.807, 2.05) is 37.3 Å². The van der Waals surface area contributed by atoms with Crippen molar-refractivity contribution in [2.24, 2.45) is 5.10 Å². The van der Waals surface area contributed by atoms with E-state index in [2.05, 4.69) is 10.5 Å². The summed E-state index contributed by atoms with van der Waals surface area (Å²) < 4.78 is 11.5. The summed E-state index contributed by atoms with van der Waals surface area (Å²) >= 11 is 0. The molecule has 6 nitrogen and oxygen atoms in total. The summed E-state index contributed by atoms with van der Waals surface area (Å²) in [4.78, 5) is 12.4. The number of hydrazone groups is 1. The van der Waals surface area contributed by atoms with E-state index in [0.717, 1.165) is 5.56 Å². The van der Waals surface area contributed by atoms with E-state index >= 15 is 0 Å². The Morgan fingerprint density at radius 2 is 1.76 bits per heavy atom. The van der Waals surface area contributed by atoms with Crippen LogP contribution < -0.4 is 14.9 Å². The van der Waals surface area contributed by atoms with Crippen LogP contribution in [-0.2, 0) is 6.61 Å². The minimum absolute atomic E-state index is 0.0871. The molecule has 0 heterocycles. The van der Waals surface area contributed by atoms with Gasteiger partial charge in [-0.25, -0.2) is 5.43 Å². The average molecular weight is 390 g/mol. The van der Waals surface area contributed by atoms with Crippen LogP contribution in [-0.4, -0.2) is 23.8 Å². The zero-order valence-corrected chi connectivity index (χ0v) is 16.0. The fourth-order valence-electron chi connectivity index (χ4n) is 2.59. The highest BCUT2D eigenvalue weighted by molar-refractivity contribution is 5.95. The molecule has 0 fully saturated rings. The molecule has 0 aliphatic carbocycles. The van der Waals surface area contributed by atoms with Crippen molar-refractivity contribution in [3.63, 3.8) is 0 Å². The average Bonchev–Trinajstić information content (AvgIpc) is 2.75. The highest BCUT2D eigenvalue weighted by Crippen LogP contribution is 2.29. The van der Waals surface area contributed by atoms with Crippen molar-refractivity contribution in [3.05, 3.63) is 89.5 Å². The zero-order chi connectivity index (χ0) is 20.5. The van der Waals surface area contributed by atoms with Gasteiger partial charge in [0.05, 0.1) is 12.8 Å². The lowest BCUT2D eigenvalue weighted by atomic mass is 10.2. The molecule has 1 amide bonds. The van der Waals surface area contributed by atoms with E-state index in [9.17, 15) is 9.90 Å². The fourth-order valence-corrected chi connectivity index (χ4v) is 2.59. The topological polar surface area (TPSA) is 80.2 Å². The SMILES string of the molecule is CCOc1cc(C(=O)N/N=C/c2ccccc2O)ccc1OCc1ccccc1. The number of phenolic OH excluding ortho intramolecular Hbond substituents is 1. The lowest BCUT2D eigenvalue weighted by Crippen LogP contribution is -2.17. The minimum Gasteiger partial charge on any atom is -0.507 e. The van der Waals surface area contributed by atoms with Gasteiger partial charge in [-0.3, -0.25) is 4.79 Å². The number of benzene rings is 3. The van der Waals surface area contributed by atoms with Gasteiger partial charge in [0.15, 0.2) is 11.5 Å². The number of phenols is 1.